The largest absolute Gasteiger partial charge is 0.463 e. The number of rotatable bonds is 5. The lowest BCUT2D eigenvalue weighted by Crippen LogP contribution is -2.06. The van der Waals surface area contributed by atoms with Crippen LogP contribution in [0.25, 0.3) is 6.08 Å². The lowest BCUT2D eigenvalue weighted by Gasteiger charge is -2.09. The summed E-state index contributed by atoms with van der Waals surface area (Å²) >= 11 is 5.52. The monoisotopic (exact) mass is 388 g/mol. The maximum Gasteiger partial charge on any atom is 0.417 e. The van der Waals surface area contributed by atoms with Crippen LogP contribution in [0.4, 0.5) is 13.2 Å². The first kappa shape index (κ1) is 19.6. The van der Waals surface area contributed by atoms with E-state index in [1.165, 1.54) is 25.3 Å². The molecule has 2 rings (SSSR count). The van der Waals surface area contributed by atoms with Gasteiger partial charge in [0.25, 0.3) is 0 Å². The fraction of sp³-hybridized carbons (Fsp3) is 0.176. The predicted molar refractivity (Wildman–Crippen MR) is 85.3 cm³/mol. The number of carbonyl (C=O) groups is 2. The van der Waals surface area contributed by atoms with Crippen molar-refractivity contribution in [2.24, 2.45) is 0 Å². The number of alkyl halides is 3. The Morgan fingerprint density at radius 1 is 1.23 bits per heavy atom. The van der Waals surface area contributed by atoms with Crippen LogP contribution < -0.4 is 0 Å². The highest BCUT2D eigenvalue weighted by Gasteiger charge is 2.33. The molecule has 138 valence electrons. The Labute approximate surface area is 150 Å². The third-order valence-corrected chi connectivity index (χ3v) is 3.44. The quantitative estimate of drug-likeness (QED) is 0.557. The van der Waals surface area contributed by atoms with Gasteiger partial charge in [0.05, 0.1) is 17.7 Å². The van der Waals surface area contributed by atoms with Gasteiger partial charge in [-0.2, -0.15) is 13.2 Å². The van der Waals surface area contributed by atoms with Crippen molar-refractivity contribution in [3.05, 3.63) is 64.1 Å². The zero-order valence-electron chi connectivity index (χ0n) is 13.3. The summed E-state index contributed by atoms with van der Waals surface area (Å²) in [4.78, 5) is 22.9. The highest BCUT2D eigenvalue weighted by molar-refractivity contribution is 6.31. The Morgan fingerprint density at radius 2 is 1.96 bits per heavy atom. The zero-order valence-corrected chi connectivity index (χ0v) is 14.1. The number of carbonyl (C=O) groups excluding carboxylic acids is 2. The van der Waals surface area contributed by atoms with Crippen molar-refractivity contribution in [3.8, 4) is 0 Å². The molecule has 0 aliphatic heterocycles. The summed E-state index contributed by atoms with van der Waals surface area (Å²) in [6.07, 6.45) is -2.47. The molecular formula is C17H12ClF3O5. The average molecular weight is 389 g/mol. The van der Waals surface area contributed by atoms with Gasteiger partial charge in [0.15, 0.2) is 0 Å². The fourth-order valence-corrected chi connectivity index (χ4v) is 2.11. The number of benzene rings is 1. The number of ether oxygens (including phenoxy) is 2. The van der Waals surface area contributed by atoms with E-state index in [9.17, 15) is 22.8 Å². The molecule has 0 fully saturated rings. The molecule has 0 unspecified atom stereocenters. The van der Waals surface area contributed by atoms with Crippen molar-refractivity contribution in [1.82, 2.24) is 0 Å². The first-order valence-corrected chi connectivity index (χ1v) is 7.47. The lowest BCUT2D eigenvalue weighted by atomic mass is 10.1. The molecule has 0 saturated carbocycles. The molecule has 2 aromatic rings. The van der Waals surface area contributed by atoms with Gasteiger partial charge < -0.3 is 13.9 Å². The van der Waals surface area contributed by atoms with E-state index in [-0.39, 0.29) is 23.7 Å². The Bertz CT molecular complexity index is 839. The van der Waals surface area contributed by atoms with Crippen LogP contribution in [0.3, 0.4) is 0 Å². The number of methoxy groups -OCH3 is 1. The van der Waals surface area contributed by atoms with E-state index in [2.05, 4.69) is 4.74 Å². The second-order valence-corrected chi connectivity index (χ2v) is 5.34. The van der Waals surface area contributed by atoms with Crippen molar-refractivity contribution in [2.75, 3.05) is 7.11 Å². The van der Waals surface area contributed by atoms with Gasteiger partial charge in [0.1, 0.15) is 12.4 Å². The third kappa shape index (κ3) is 5.13. The minimum atomic E-state index is -4.60. The summed E-state index contributed by atoms with van der Waals surface area (Å²) in [5.74, 6) is -1.32. The number of hydrogen-bond donors (Lipinski definition) is 0. The first-order valence-electron chi connectivity index (χ1n) is 7.09. The number of esters is 2. The minimum absolute atomic E-state index is 0.0464. The van der Waals surface area contributed by atoms with Gasteiger partial charge in [-0.3, -0.25) is 0 Å². The normalized spacial score (nSPS) is 11.6. The van der Waals surface area contributed by atoms with Crippen LogP contribution in [-0.4, -0.2) is 19.0 Å². The van der Waals surface area contributed by atoms with Crippen molar-refractivity contribution >= 4 is 29.6 Å². The summed E-state index contributed by atoms with van der Waals surface area (Å²) in [7, 11) is 1.19. The second kappa shape index (κ2) is 8.09. The highest BCUT2D eigenvalue weighted by atomic mass is 35.5. The summed E-state index contributed by atoms with van der Waals surface area (Å²) in [6, 6.07) is 6.03. The van der Waals surface area contributed by atoms with Crippen molar-refractivity contribution in [3.63, 3.8) is 0 Å². The van der Waals surface area contributed by atoms with Gasteiger partial charge in [-0.25, -0.2) is 9.59 Å². The molecule has 0 aliphatic carbocycles. The van der Waals surface area contributed by atoms with Crippen LogP contribution in [0.1, 0.15) is 27.4 Å². The van der Waals surface area contributed by atoms with Crippen LogP contribution in [-0.2, 0) is 27.1 Å². The Balaban J connectivity index is 1.97. The summed E-state index contributed by atoms with van der Waals surface area (Å²) in [6.45, 7) is -0.255. The molecule has 1 aromatic heterocycles. The molecule has 9 heteroatoms. The smallest absolute Gasteiger partial charge is 0.417 e. The molecule has 0 amide bonds. The molecule has 0 bridgehead atoms. The van der Waals surface area contributed by atoms with E-state index in [0.29, 0.717) is 0 Å². The molecule has 0 spiro atoms. The molecule has 5 nitrogen and oxygen atoms in total. The van der Waals surface area contributed by atoms with E-state index in [1.807, 2.05) is 0 Å². The molecule has 0 saturated heterocycles. The number of hydrogen-bond acceptors (Lipinski definition) is 5. The van der Waals surface area contributed by atoms with Crippen molar-refractivity contribution < 1.29 is 36.7 Å². The maximum atomic E-state index is 12.8. The molecule has 0 N–H and O–H groups in total. The van der Waals surface area contributed by atoms with Crippen LogP contribution in [0, 0.1) is 0 Å². The van der Waals surface area contributed by atoms with Gasteiger partial charge in [-0.05, 0) is 35.9 Å². The fourth-order valence-electron chi connectivity index (χ4n) is 1.88. The average Bonchev–Trinajstić information content (AvgIpc) is 3.06. The molecule has 1 heterocycles. The van der Waals surface area contributed by atoms with Gasteiger partial charge in [0, 0.05) is 6.08 Å². The van der Waals surface area contributed by atoms with E-state index in [0.717, 1.165) is 24.3 Å². The van der Waals surface area contributed by atoms with E-state index < -0.39 is 28.7 Å². The molecule has 0 radical (unpaired) electrons. The van der Waals surface area contributed by atoms with E-state index in [4.69, 9.17) is 20.8 Å². The Morgan fingerprint density at radius 3 is 2.62 bits per heavy atom. The van der Waals surface area contributed by atoms with Crippen molar-refractivity contribution in [2.45, 2.75) is 12.8 Å². The van der Waals surface area contributed by atoms with E-state index in [1.54, 1.807) is 0 Å². The standard InChI is InChI=1S/C17H12ClF3O5/c1-24-16(23)14-6-4-11(26-14)9-25-15(22)7-3-10-2-5-13(18)12(8-10)17(19,20)21/h2-8H,9H2,1H3/b7-3+. The van der Waals surface area contributed by atoms with Gasteiger partial charge in [-0.15, -0.1) is 0 Å². The topological polar surface area (TPSA) is 65.7 Å². The minimum Gasteiger partial charge on any atom is -0.463 e. The molecule has 26 heavy (non-hydrogen) atoms. The lowest BCUT2D eigenvalue weighted by molar-refractivity contribution is -0.139. The van der Waals surface area contributed by atoms with Gasteiger partial charge >= 0.3 is 18.1 Å². The molecule has 1 aromatic carbocycles. The molecule has 0 atom stereocenters. The highest BCUT2D eigenvalue weighted by Crippen LogP contribution is 2.35. The first-order chi connectivity index (χ1) is 12.2. The Hall–Kier alpha value is -2.74. The van der Waals surface area contributed by atoms with Crippen LogP contribution in [0.5, 0.6) is 0 Å². The zero-order chi connectivity index (χ0) is 19.3. The summed E-state index contributed by atoms with van der Waals surface area (Å²) in [5.41, 5.74) is -0.870. The number of halogens is 4. The van der Waals surface area contributed by atoms with Crippen molar-refractivity contribution in [1.29, 1.82) is 0 Å². The maximum absolute atomic E-state index is 12.8. The predicted octanol–water partition coefficient (Wildman–Crippen LogP) is 4.50. The van der Waals surface area contributed by atoms with E-state index >= 15 is 0 Å². The van der Waals surface area contributed by atoms with Crippen LogP contribution >= 0.6 is 11.6 Å². The van der Waals surface area contributed by atoms with Gasteiger partial charge in [-0.1, -0.05) is 17.7 Å². The van der Waals surface area contributed by atoms with Crippen LogP contribution in [0.2, 0.25) is 5.02 Å². The summed E-state index contributed by atoms with van der Waals surface area (Å²) in [5, 5.41) is -0.434. The third-order valence-electron chi connectivity index (χ3n) is 3.11. The SMILES string of the molecule is COC(=O)c1ccc(COC(=O)/C=C/c2ccc(Cl)c(C(F)(F)F)c2)o1. The number of furan rings is 1. The molecular weight excluding hydrogens is 377 g/mol. The molecule has 0 aliphatic rings. The Kier molecular flexibility index (Phi) is 6.10. The van der Waals surface area contributed by atoms with Crippen LogP contribution in [0.15, 0.2) is 40.8 Å². The van der Waals surface area contributed by atoms with Gasteiger partial charge in [0.2, 0.25) is 5.76 Å². The summed E-state index contributed by atoms with van der Waals surface area (Å²) < 4.78 is 52.8. The second-order valence-electron chi connectivity index (χ2n) is 4.94.